The number of aliphatic hydroxyl groups excluding tert-OH is 1. The molecule has 0 aromatic carbocycles. The molecule has 3 nitrogen and oxygen atoms in total. The number of hydrogen-bond acceptors (Lipinski definition) is 3. The molecule has 1 rings (SSSR count). The Bertz CT molecular complexity index is 238. The Morgan fingerprint density at radius 2 is 2.00 bits per heavy atom. The number of nitrogens with zero attached hydrogens (tertiary/aromatic N) is 2. The monoisotopic (exact) mass is 180 g/mol. The van der Waals surface area contributed by atoms with Crippen LogP contribution < -0.4 is 0 Å². The van der Waals surface area contributed by atoms with Gasteiger partial charge in [0.05, 0.1) is 6.10 Å². The predicted octanol–water partition coefficient (Wildman–Crippen LogP) is 1.43. The maximum absolute atomic E-state index is 9.53. The normalized spacial score (nSPS) is 15.3. The van der Waals surface area contributed by atoms with Crippen LogP contribution in [0.4, 0.5) is 0 Å². The van der Waals surface area contributed by atoms with Crippen LogP contribution in [0, 0.1) is 5.92 Å². The van der Waals surface area contributed by atoms with Crippen molar-refractivity contribution in [3.8, 4) is 0 Å². The third-order valence-electron chi connectivity index (χ3n) is 2.20. The van der Waals surface area contributed by atoms with E-state index in [0.717, 1.165) is 18.7 Å². The van der Waals surface area contributed by atoms with Crippen molar-refractivity contribution >= 4 is 0 Å². The maximum Gasteiger partial charge on any atom is 0.128 e. The Kier molecular flexibility index (Phi) is 3.83. The molecule has 0 saturated heterocycles. The van der Waals surface area contributed by atoms with Gasteiger partial charge in [0, 0.05) is 18.8 Å². The molecule has 1 aromatic heterocycles. The van der Waals surface area contributed by atoms with E-state index in [-0.39, 0.29) is 12.0 Å². The van der Waals surface area contributed by atoms with E-state index in [1.54, 1.807) is 18.5 Å². The van der Waals surface area contributed by atoms with Gasteiger partial charge in [-0.1, -0.05) is 13.8 Å². The van der Waals surface area contributed by atoms with Crippen molar-refractivity contribution in [1.82, 2.24) is 9.97 Å². The summed E-state index contributed by atoms with van der Waals surface area (Å²) < 4.78 is 0. The molecule has 1 heterocycles. The summed E-state index contributed by atoms with van der Waals surface area (Å²) in [7, 11) is 0. The van der Waals surface area contributed by atoms with E-state index in [0.29, 0.717) is 0 Å². The lowest BCUT2D eigenvalue weighted by Crippen LogP contribution is -2.19. The fourth-order valence-electron chi connectivity index (χ4n) is 1.26. The fraction of sp³-hybridized carbons (Fsp3) is 0.600. The molecule has 0 spiro atoms. The molecule has 0 amide bonds. The highest BCUT2D eigenvalue weighted by molar-refractivity contribution is 4.90. The standard InChI is InChI=1S/C10H16N2O/c1-3-9(13)8(2)7-10-11-5-4-6-12-10/h4-6,8-9,13H,3,7H2,1-2H3. The van der Waals surface area contributed by atoms with Gasteiger partial charge in [-0.3, -0.25) is 0 Å². The van der Waals surface area contributed by atoms with Gasteiger partial charge in [-0.15, -0.1) is 0 Å². The van der Waals surface area contributed by atoms with Crippen LogP contribution in [0.15, 0.2) is 18.5 Å². The highest BCUT2D eigenvalue weighted by atomic mass is 16.3. The number of aliphatic hydroxyl groups is 1. The predicted molar refractivity (Wildman–Crippen MR) is 51.2 cm³/mol. The SMILES string of the molecule is CCC(O)C(C)Cc1ncccn1. The smallest absolute Gasteiger partial charge is 0.128 e. The topological polar surface area (TPSA) is 46.0 Å². The zero-order valence-corrected chi connectivity index (χ0v) is 8.14. The van der Waals surface area contributed by atoms with Gasteiger partial charge in [0.25, 0.3) is 0 Å². The first-order chi connectivity index (χ1) is 6.24. The summed E-state index contributed by atoms with van der Waals surface area (Å²) in [5.74, 6) is 1.04. The molecule has 13 heavy (non-hydrogen) atoms. The van der Waals surface area contributed by atoms with Crippen molar-refractivity contribution in [2.45, 2.75) is 32.8 Å². The summed E-state index contributed by atoms with van der Waals surface area (Å²) in [5, 5.41) is 9.53. The van der Waals surface area contributed by atoms with Crippen LogP contribution in [0.5, 0.6) is 0 Å². The minimum atomic E-state index is -0.246. The van der Waals surface area contributed by atoms with Gasteiger partial charge in [-0.05, 0) is 18.4 Å². The number of rotatable bonds is 4. The first-order valence-electron chi connectivity index (χ1n) is 4.68. The lowest BCUT2D eigenvalue weighted by molar-refractivity contribution is 0.111. The van der Waals surface area contributed by atoms with Crippen LogP contribution in [0.25, 0.3) is 0 Å². The third kappa shape index (κ3) is 3.11. The lowest BCUT2D eigenvalue weighted by Gasteiger charge is -2.15. The summed E-state index contributed by atoms with van der Waals surface area (Å²) in [6.07, 6.45) is 4.74. The molecule has 0 aliphatic rings. The molecule has 0 bridgehead atoms. The Morgan fingerprint density at radius 1 is 1.38 bits per heavy atom. The largest absolute Gasteiger partial charge is 0.393 e. The minimum absolute atomic E-state index is 0.229. The van der Waals surface area contributed by atoms with Crippen LogP contribution in [0.3, 0.4) is 0 Å². The zero-order chi connectivity index (χ0) is 9.68. The molecular weight excluding hydrogens is 164 g/mol. The lowest BCUT2D eigenvalue weighted by atomic mass is 9.99. The van der Waals surface area contributed by atoms with Gasteiger partial charge in [0.1, 0.15) is 5.82 Å². The van der Waals surface area contributed by atoms with Gasteiger partial charge in [-0.25, -0.2) is 9.97 Å². The van der Waals surface area contributed by atoms with Gasteiger partial charge in [0.15, 0.2) is 0 Å². The van der Waals surface area contributed by atoms with Crippen molar-refractivity contribution in [3.63, 3.8) is 0 Å². The van der Waals surface area contributed by atoms with Gasteiger partial charge in [-0.2, -0.15) is 0 Å². The summed E-state index contributed by atoms with van der Waals surface area (Å²) in [4.78, 5) is 8.23. The highest BCUT2D eigenvalue weighted by Crippen LogP contribution is 2.10. The number of aromatic nitrogens is 2. The molecule has 0 radical (unpaired) electrons. The van der Waals surface area contributed by atoms with E-state index in [9.17, 15) is 5.11 Å². The molecule has 0 aliphatic carbocycles. The summed E-state index contributed by atoms with van der Waals surface area (Å²) >= 11 is 0. The second kappa shape index (κ2) is 4.92. The zero-order valence-electron chi connectivity index (χ0n) is 8.14. The van der Waals surface area contributed by atoms with Gasteiger partial charge in [0.2, 0.25) is 0 Å². The van der Waals surface area contributed by atoms with E-state index in [1.165, 1.54) is 0 Å². The van der Waals surface area contributed by atoms with Crippen LogP contribution in [0.2, 0.25) is 0 Å². The molecule has 1 aromatic rings. The van der Waals surface area contributed by atoms with Crippen LogP contribution >= 0.6 is 0 Å². The molecule has 1 N–H and O–H groups in total. The summed E-state index contributed by atoms with van der Waals surface area (Å²) in [5.41, 5.74) is 0. The van der Waals surface area contributed by atoms with Crippen molar-refractivity contribution in [3.05, 3.63) is 24.3 Å². The first-order valence-corrected chi connectivity index (χ1v) is 4.68. The Hall–Kier alpha value is -0.960. The average molecular weight is 180 g/mol. The molecule has 3 heteroatoms. The summed E-state index contributed by atoms with van der Waals surface area (Å²) in [6, 6.07) is 1.80. The molecule has 0 fully saturated rings. The summed E-state index contributed by atoms with van der Waals surface area (Å²) in [6.45, 7) is 4.00. The molecular formula is C10H16N2O. The third-order valence-corrected chi connectivity index (χ3v) is 2.20. The van der Waals surface area contributed by atoms with Gasteiger partial charge >= 0.3 is 0 Å². The van der Waals surface area contributed by atoms with Crippen LogP contribution in [-0.2, 0) is 6.42 Å². The second-order valence-electron chi connectivity index (χ2n) is 3.32. The van der Waals surface area contributed by atoms with E-state index in [1.807, 2.05) is 13.8 Å². The average Bonchev–Trinajstić information content (AvgIpc) is 2.18. The van der Waals surface area contributed by atoms with Gasteiger partial charge < -0.3 is 5.11 Å². The van der Waals surface area contributed by atoms with Crippen molar-refractivity contribution in [2.24, 2.45) is 5.92 Å². The van der Waals surface area contributed by atoms with Crippen LogP contribution in [0.1, 0.15) is 26.1 Å². The van der Waals surface area contributed by atoms with E-state index < -0.39 is 0 Å². The maximum atomic E-state index is 9.53. The van der Waals surface area contributed by atoms with E-state index >= 15 is 0 Å². The molecule has 0 saturated carbocycles. The fourth-order valence-corrected chi connectivity index (χ4v) is 1.26. The van der Waals surface area contributed by atoms with Crippen LogP contribution in [-0.4, -0.2) is 21.2 Å². The first kappa shape index (κ1) is 10.1. The van der Waals surface area contributed by atoms with E-state index in [4.69, 9.17) is 0 Å². The molecule has 0 aliphatic heterocycles. The van der Waals surface area contributed by atoms with Crippen molar-refractivity contribution in [2.75, 3.05) is 0 Å². The Morgan fingerprint density at radius 3 is 2.54 bits per heavy atom. The van der Waals surface area contributed by atoms with E-state index in [2.05, 4.69) is 9.97 Å². The molecule has 2 atom stereocenters. The highest BCUT2D eigenvalue weighted by Gasteiger charge is 2.13. The Balaban J connectivity index is 2.50. The van der Waals surface area contributed by atoms with Crippen molar-refractivity contribution < 1.29 is 5.11 Å². The Labute approximate surface area is 78.9 Å². The van der Waals surface area contributed by atoms with Crippen molar-refractivity contribution in [1.29, 1.82) is 0 Å². The second-order valence-corrected chi connectivity index (χ2v) is 3.32. The molecule has 72 valence electrons. The molecule has 2 unspecified atom stereocenters. The minimum Gasteiger partial charge on any atom is -0.393 e. The quantitative estimate of drug-likeness (QED) is 0.762. The number of hydrogen-bond donors (Lipinski definition) is 1.